The van der Waals surface area contributed by atoms with E-state index in [0.717, 1.165) is 31.2 Å². The number of aliphatic hydroxyl groups excluding tert-OH is 2. The average Bonchev–Trinajstić information content (AvgIpc) is 3.64. The molecule has 1 aliphatic heterocycles. The number of carbonyl (C=O) groups is 3. The van der Waals surface area contributed by atoms with Gasteiger partial charge in [0.25, 0.3) is 0 Å². The first kappa shape index (κ1) is 26.9. The van der Waals surface area contributed by atoms with Crippen LogP contribution in [0.5, 0.6) is 11.5 Å². The van der Waals surface area contributed by atoms with Gasteiger partial charge in [0.1, 0.15) is 18.5 Å². The van der Waals surface area contributed by atoms with E-state index in [9.17, 15) is 24.6 Å². The highest BCUT2D eigenvalue weighted by atomic mass is 16.5. The zero-order chi connectivity index (χ0) is 27.5. The molecule has 2 aromatic carbocycles. The first-order chi connectivity index (χ1) is 19.0. The lowest BCUT2D eigenvalue weighted by Gasteiger charge is -2.41. The lowest BCUT2D eigenvalue weighted by atomic mass is 9.77. The number of aldehydes is 1. The molecule has 39 heavy (non-hydrogen) atoms. The molecule has 206 valence electrons. The van der Waals surface area contributed by atoms with Crippen molar-refractivity contribution in [3.8, 4) is 11.5 Å². The number of ether oxygens (including phenoxy) is 2. The molecule has 3 aliphatic rings. The van der Waals surface area contributed by atoms with E-state index in [-0.39, 0.29) is 31.5 Å². The van der Waals surface area contributed by atoms with Crippen LogP contribution in [-0.2, 0) is 16.1 Å². The van der Waals surface area contributed by atoms with Gasteiger partial charge in [-0.1, -0.05) is 43.2 Å². The Morgan fingerprint density at radius 3 is 2.59 bits per heavy atom. The molecule has 0 aromatic heterocycles. The van der Waals surface area contributed by atoms with Crippen molar-refractivity contribution in [2.24, 2.45) is 5.92 Å². The molecule has 0 bridgehead atoms. The van der Waals surface area contributed by atoms with Crippen molar-refractivity contribution < 1.29 is 34.1 Å². The number of aliphatic hydroxyl groups is 2. The van der Waals surface area contributed by atoms with Gasteiger partial charge in [0.05, 0.1) is 25.7 Å². The van der Waals surface area contributed by atoms with Crippen LogP contribution in [0.4, 0.5) is 0 Å². The van der Waals surface area contributed by atoms with E-state index in [1.165, 1.54) is 7.11 Å². The summed E-state index contributed by atoms with van der Waals surface area (Å²) in [5, 5.41) is 23.8. The minimum absolute atomic E-state index is 0.0426. The maximum atomic E-state index is 13.9. The Bertz CT molecular complexity index is 1260. The summed E-state index contributed by atoms with van der Waals surface area (Å²) in [6.07, 6.45) is 3.85. The van der Waals surface area contributed by atoms with E-state index in [2.05, 4.69) is 5.32 Å². The van der Waals surface area contributed by atoms with Gasteiger partial charge in [-0.15, -0.1) is 0 Å². The fourth-order valence-corrected chi connectivity index (χ4v) is 6.08. The van der Waals surface area contributed by atoms with Gasteiger partial charge in [0, 0.05) is 35.7 Å². The number of amides is 2. The lowest BCUT2D eigenvalue weighted by molar-refractivity contribution is -0.142. The zero-order valence-electron chi connectivity index (χ0n) is 21.9. The Labute approximate surface area is 227 Å². The number of rotatable bonds is 9. The molecule has 4 atom stereocenters. The summed E-state index contributed by atoms with van der Waals surface area (Å²) in [6.45, 7) is 0.0689. The predicted molar refractivity (Wildman–Crippen MR) is 142 cm³/mol. The van der Waals surface area contributed by atoms with Crippen LogP contribution < -0.4 is 14.8 Å². The highest BCUT2D eigenvalue weighted by Gasteiger charge is 2.52. The number of methoxy groups -OCH3 is 1. The molecule has 9 nitrogen and oxygen atoms in total. The second kappa shape index (κ2) is 11.6. The molecule has 2 amide bonds. The highest BCUT2D eigenvalue weighted by Crippen LogP contribution is 2.51. The smallest absolute Gasteiger partial charge is 0.247 e. The number of nitrogens with zero attached hydrogens (tertiary/aromatic N) is 1. The van der Waals surface area contributed by atoms with Crippen molar-refractivity contribution in [2.45, 2.75) is 56.4 Å². The number of benzene rings is 2. The summed E-state index contributed by atoms with van der Waals surface area (Å²) < 4.78 is 11.7. The summed E-state index contributed by atoms with van der Waals surface area (Å²) >= 11 is 0. The quantitative estimate of drug-likeness (QED) is 0.422. The first-order valence-electron chi connectivity index (χ1n) is 13.4. The van der Waals surface area contributed by atoms with Gasteiger partial charge in [-0.2, -0.15) is 0 Å². The van der Waals surface area contributed by atoms with Gasteiger partial charge >= 0.3 is 0 Å². The van der Waals surface area contributed by atoms with Crippen LogP contribution in [0.25, 0.3) is 0 Å². The minimum atomic E-state index is -1.16. The maximum Gasteiger partial charge on any atom is 0.247 e. The topological polar surface area (TPSA) is 125 Å². The summed E-state index contributed by atoms with van der Waals surface area (Å²) in [6, 6.07) is 11.9. The lowest BCUT2D eigenvalue weighted by Crippen LogP contribution is -2.56. The normalized spacial score (nSPS) is 23.7. The van der Waals surface area contributed by atoms with E-state index in [1.54, 1.807) is 23.1 Å². The molecule has 5 rings (SSSR count). The van der Waals surface area contributed by atoms with Crippen molar-refractivity contribution in [3.05, 3.63) is 70.8 Å². The maximum absolute atomic E-state index is 13.9. The second-order valence-corrected chi connectivity index (χ2v) is 10.3. The molecule has 9 heteroatoms. The minimum Gasteiger partial charge on any atom is -0.493 e. The number of hydrogen-bond acceptors (Lipinski definition) is 7. The van der Waals surface area contributed by atoms with Gasteiger partial charge in [-0.3, -0.25) is 14.4 Å². The van der Waals surface area contributed by atoms with Crippen molar-refractivity contribution >= 4 is 18.1 Å². The molecule has 0 radical (unpaired) electrons. The fraction of sp³-hybridized carbons (Fsp3) is 0.433. The van der Waals surface area contributed by atoms with Crippen molar-refractivity contribution in [3.63, 3.8) is 0 Å². The van der Waals surface area contributed by atoms with Crippen LogP contribution in [0.3, 0.4) is 0 Å². The standard InChI is InChI=1S/C30H34N2O7/c1-38-24-14-19(17-34)13-21-25-22(29(36)31-11-12-33)15-23(26(35)28(25)39-27(21)24)32(16-18-7-3-2-4-8-18)30(37)20-9-5-6-10-20/h2-4,7-8,13-15,17,20,23,25-26,28,33,35H,5-6,9-12,16H2,1H3,(H,31,36). The van der Waals surface area contributed by atoms with Crippen molar-refractivity contribution in [2.75, 3.05) is 20.3 Å². The third kappa shape index (κ3) is 5.16. The summed E-state index contributed by atoms with van der Waals surface area (Å²) in [7, 11) is 1.46. The molecule has 4 unspecified atom stereocenters. The third-order valence-electron chi connectivity index (χ3n) is 7.95. The van der Waals surface area contributed by atoms with E-state index in [0.29, 0.717) is 34.5 Å². The number of nitrogens with one attached hydrogen (secondary N) is 1. The molecular weight excluding hydrogens is 500 g/mol. The third-order valence-corrected chi connectivity index (χ3v) is 7.95. The fourth-order valence-electron chi connectivity index (χ4n) is 6.08. The molecule has 2 aromatic rings. The second-order valence-electron chi connectivity index (χ2n) is 10.3. The monoisotopic (exact) mass is 534 g/mol. The Kier molecular flexibility index (Phi) is 7.99. The van der Waals surface area contributed by atoms with Gasteiger partial charge in [0.15, 0.2) is 11.5 Å². The van der Waals surface area contributed by atoms with Crippen LogP contribution in [0.2, 0.25) is 0 Å². The molecule has 1 saturated carbocycles. The molecule has 0 spiro atoms. The Morgan fingerprint density at radius 2 is 1.92 bits per heavy atom. The van der Waals surface area contributed by atoms with Crippen molar-refractivity contribution in [1.82, 2.24) is 10.2 Å². The molecule has 1 heterocycles. The number of hydrogen-bond donors (Lipinski definition) is 3. The molecule has 1 fully saturated rings. The molecule has 2 aliphatic carbocycles. The van der Waals surface area contributed by atoms with Gasteiger partial charge in [0.2, 0.25) is 11.8 Å². The predicted octanol–water partition coefficient (Wildman–Crippen LogP) is 2.35. The van der Waals surface area contributed by atoms with Crippen molar-refractivity contribution in [1.29, 1.82) is 0 Å². The van der Waals surface area contributed by atoms with Gasteiger partial charge < -0.3 is 29.9 Å². The summed E-state index contributed by atoms with van der Waals surface area (Å²) in [5.41, 5.74) is 2.13. The summed E-state index contributed by atoms with van der Waals surface area (Å²) in [4.78, 5) is 40.7. The van der Waals surface area contributed by atoms with Crippen LogP contribution in [0.1, 0.15) is 53.1 Å². The van der Waals surface area contributed by atoms with Crippen LogP contribution in [0.15, 0.2) is 54.1 Å². The van der Waals surface area contributed by atoms with Crippen LogP contribution >= 0.6 is 0 Å². The van der Waals surface area contributed by atoms with E-state index < -0.39 is 30.1 Å². The Hall–Kier alpha value is -3.69. The van der Waals surface area contributed by atoms with Gasteiger partial charge in [-0.25, -0.2) is 0 Å². The van der Waals surface area contributed by atoms with E-state index in [1.807, 2.05) is 30.3 Å². The number of carbonyl (C=O) groups excluding carboxylic acids is 3. The summed E-state index contributed by atoms with van der Waals surface area (Å²) in [5.74, 6) is -0.645. The molecule has 3 N–H and O–H groups in total. The Balaban J connectivity index is 1.60. The first-order valence-corrected chi connectivity index (χ1v) is 13.4. The molecule has 0 saturated heterocycles. The SMILES string of the molecule is COc1cc(C=O)cc2c1OC1C2C(C(=O)NCCO)=CC(N(Cc2ccccc2)C(=O)C2CCCC2)C1O. The average molecular weight is 535 g/mol. The largest absolute Gasteiger partial charge is 0.493 e. The Morgan fingerprint density at radius 1 is 1.18 bits per heavy atom. The van der Waals surface area contributed by atoms with E-state index >= 15 is 0 Å². The molecular formula is C30H34N2O7. The van der Waals surface area contributed by atoms with Crippen LogP contribution in [-0.4, -0.2) is 71.7 Å². The van der Waals surface area contributed by atoms with E-state index in [4.69, 9.17) is 9.47 Å². The highest BCUT2D eigenvalue weighted by molar-refractivity contribution is 5.96. The zero-order valence-corrected chi connectivity index (χ0v) is 21.9. The van der Waals surface area contributed by atoms with Gasteiger partial charge in [-0.05, 0) is 36.6 Å². The van der Waals surface area contributed by atoms with Crippen LogP contribution in [0, 0.1) is 5.92 Å². The number of fused-ring (bicyclic) bond motifs is 3.